The molecule has 7 amide bonds. The van der Waals surface area contributed by atoms with Gasteiger partial charge in [0.1, 0.15) is 36.3 Å². The second-order valence-corrected chi connectivity index (χ2v) is 24.3. The van der Waals surface area contributed by atoms with Gasteiger partial charge in [-0.25, -0.2) is 9.59 Å². The summed E-state index contributed by atoms with van der Waals surface area (Å²) >= 11 is 1.30. The number of aliphatic hydroxyl groups is 1. The number of unbranched alkanes of at least 4 members (excludes halogenated alkanes) is 27. The lowest BCUT2D eigenvalue weighted by atomic mass is 10.0. The summed E-state index contributed by atoms with van der Waals surface area (Å²) in [6.45, 7) is 5.42. The van der Waals surface area contributed by atoms with E-state index < -0.39 is 84.5 Å². The summed E-state index contributed by atoms with van der Waals surface area (Å²) in [7, 11) is 0. The molecule has 0 bridgehead atoms. The van der Waals surface area contributed by atoms with E-state index in [9.17, 15) is 48.6 Å². The lowest BCUT2D eigenvalue weighted by molar-refractivity contribution is -0.142. The summed E-state index contributed by atoms with van der Waals surface area (Å²) in [6, 6.07) is -7.56. The summed E-state index contributed by atoms with van der Waals surface area (Å²) in [4.78, 5) is 108. The Kier molecular flexibility index (Phi) is 55.5. The number of aliphatic carboxylic acids is 1. The zero-order valence-electron chi connectivity index (χ0n) is 53.5. The first-order chi connectivity index (χ1) is 41.7. The number of aliphatic hydroxyl groups excluding tert-OH is 1. The van der Waals surface area contributed by atoms with Crippen LogP contribution in [0.25, 0.3) is 0 Å². The molecule has 6 unspecified atom stereocenters. The molecule has 0 rings (SSSR count). The Morgan fingerprint density at radius 3 is 1.09 bits per heavy atom. The van der Waals surface area contributed by atoms with Crippen LogP contribution in [0.5, 0.6) is 0 Å². The van der Waals surface area contributed by atoms with Crippen molar-refractivity contribution in [2.75, 3.05) is 57.4 Å². The van der Waals surface area contributed by atoms with Gasteiger partial charge in [0.05, 0.1) is 13.2 Å². The van der Waals surface area contributed by atoms with Crippen molar-refractivity contribution >= 4 is 59.3 Å². The van der Waals surface area contributed by atoms with E-state index in [4.69, 9.17) is 27.7 Å². The number of thioether (sulfide) groups is 1. The number of hydrogen-bond acceptors (Lipinski definition) is 15. The van der Waals surface area contributed by atoms with Crippen molar-refractivity contribution < 1.29 is 53.3 Å². The number of nitrogens with two attached hydrogens (primary N) is 4. The van der Waals surface area contributed by atoms with Gasteiger partial charge in [-0.3, -0.25) is 28.8 Å². The smallest absolute Gasteiger partial charge is 0.407 e. The molecule has 0 aromatic rings. The molecule has 0 fully saturated rings. The van der Waals surface area contributed by atoms with Crippen molar-refractivity contribution in [1.82, 2.24) is 37.2 Å². The fourth-order valence-corrected chi connectivity index (χ4v) is 10.8. The molecule has 0 spiro atoms. The number of amides is 7. The summed E-state index contributed by atoms with van der Waals surface area (Å²) in [6.07, 6.45) is 33.2. The average molecular weight is 1240 g/mol. The molecule has 17 N–H and O–H groups in total. The van der Waals surface area contributed by atoms with Gasteiger partial charge in [0.25, 0.3) is 0 Å². The second kappa shape index (κ2) is 58.4. The van der Waals surface area contributed by atoms with Crippen molar-refractivity contribution in [1.29, 1.82) is 0 Å². The van der Waals surface area contributed by atoms with Gasteiger partial charge in [0, 0.05) is 24.5 Å². The zero-order valence-corrected chi connectivity index (χ0v) is 54.3. The van der Waals surface area contributed by atoms with Crippen LogP contribution in [0, 0.1) is 0 Å². The Bertz CT molecular complexity index is 1760. The van der Waals surface area contributed by atoms with Gasteiger partial charge in [-0.05, 0) is 116 Å². The number of carboxylic acid groups (broad SMARTS) is 1. The maximum absolute atomic E-state index is 14.2. The molecule has 0 heterocycles. The van der Waals surface area contributed by atoms with Crippen LogP contribution in [0.2, 0.25) is 0 Å². The zero-order chi connectivity index (χ0) is 63.7. The summed E-state index contributed by atoms with van der Waals surface area (Å²) < 4.78 is 5.38. The average Bonchev–Trinajstić information content (AvgIpc) is 3.65. The highest BCUT2D eigenvalue weighted by atomic mass is 32.2. The molecule has 0 aliphatic carbocycles. The van der Waals surface area contributed by atoms with E-state index in [1.165, 1.54) is 121 Å². The standard InChI is InChI=1S/C63H123N11O11S/c1-3-5-7-9-11-13-15-17-18-20-22-24-26-40-56(76)69-55(49-86-47-45-68-63(84)85-46-35-25-23-21-19-16-14-12-10-8-6-4-2)61(81)74-54(48-75)60(80)72-51(37-28-32-42-65)58(78)70-50(36-27-31-41-64)57(77)71-52(38-29-33-43-66)59(79)73-53(62(82)83)39-30-34-44-67/h50-55,75H,3-49,64-67H2,1-2H3,(H,68,84)(H,69,76)(H,70,78)(H,71,77)(H,72,80)(H,73,79)(H,74,81)(H,82,83). The molecule has 6 atom stereocenters. The van der Waals surface area contributed by atoms with E-state index in [1.807, 2.05) is 0 Å². The van der Waals surface area contributed by atoms with Gasteiger partial charge >= 0.3 is 12.1 Å². The highest BCUT2D eigenvalue weighted by Gasteiger charge is 2.33. The lowest BCUT2D eigenvalue weighted by Crippen LogP contribution is -2.60. The van der Waals surface area contributed by atoms with Crippen LogP contribution in [-0.4, -0.2) is 151 Å². The van der Waals surface area contributed by atoms with Crippen molar-refractivity contribution in [3.05, 3.63) is 0 Å². The second-order valence-electron chi connectivity index (χ2n) is 23.1. The number of carboxylic acids is 1. The number of carbonyl (C=O) groups is 8. The molecule has 0 radical (unpaired) electrons. The van der Waals surface area contributed by atoms with Gasteiger partial charge < -0.3 is 75.1 Å². The number of carbonyl (C=O) groups excluding carboxylic acids is 7. The van der Waals surface area contributed by atoms with Gasteiger partial charge in [0.15, 0.2) is 0 Å². The van der Waals surface area contributed by atoms with Crippen molar-refractivity contribution in [2.24, 2.45) is 22.9 Å². The SMILES string of the molecule is CCCCCCCCCCCCCCCC(=O)NC(CSCCNC(=O)OCCCCCCCCCCCCCC)C(=O)NC(CO)C(=O)NC(CCCCN)C(=O)NC(CCCCN)C(=O)NC(CCCCN)C(=O)NC(CCCCN)C(=O)O. The van der Waals surface area contributed by atoms with Gasteiger partial charge in [-0.2, -0.15) is 11.8 Å². The van der Waals surface area contributed by atoms with E-state index in [1.54, 1.807) is 0 Å². The highest BCUT2D eigenvalue weighted by molar-refractivity contribution is 7.99. The highest BCUT2D eigenvalue weighted by Crippen LogP contribution is 2.16. The summed E-state index contributed by atoms with van der Waals surface area (Å²) in [5, 5.41) is 39.1. The van der Waals surface area contributed by atoms with Gasteiger partial charge in [-0.1, -0.05) is 162 Å². The van der Waals surface area contributed by atoms with Crippen molar-refractivity contribution in [3.8, 4) is 0 Å². The fraction of sp³-hybridized carbons (Fsp3) is 0.873. The summed E-state index contributed by atoms with van der Waals surface area (Å²) in [5.41, 5.74) is 22.9. The number of nitrogens with one attached hydrogen (secondary N) is 7. The molecule has 0 saturated carbocycles. The topological polar surface area (TPSA) is 375 Å². The van der Waals surface area contributed by atoms with Crippen LogP contribution in [0.3, 0.4) is 0 Å². The molecule has 0 aliphatic heterocycles. The normalized spacial score (nSPS) is 13.3. The van der Waals surface area contributed by atoms with Crippen LogP contribution >= 0.6 is 11.8 Å². The number of ether oxygens (including phenoxy) is 1. The predicted molar refractivity (Wildman–Crippen MR) is 346 cm³/mol. The molecule has 0 saturated heterocycles. The number of hydrogen-bond donors (Lipinski definition) is 13. The first-order valence-electron chi connectivity index (χ1n) is 33.7. The van der Waals surface area contributed by atoms with E-state index in [0.29, 0.717) is 89.8 Å². The third-order valence-electron chi connectivity index (χ3n) is 15.3. The molecule has 0 aromatic carbocycles. The van der Waals surface area contributed by atoms with Gasteiger partial charge in [-0.15, -0.1) is 0 Å². The Morgan fingerprint density at radius 1 is 0.395 bits per heavy atom. The molecular weight excluding hydrogens is 1120 g/mol. The fourth-order valence-electron chi connectivity index (χ4n) is 9.93. The lowest BCUT2D eigenvalue weighted by Gasteiger charge is -2.27. The minimum atomic E-state index is -1.55. The Hall–Kier alpha value is -4.29. The Morgan fingerprint density at radius 2 is 0.721 bits per heavy atom. The van der Waals surface area contributed by atoms with Crippen molar-refractivity contribution in [2.45, 2.75) is 294 Å². The molecular formula is C63H123N11O11S. The minimum absolute atomic E-state index is 0.0678. The van der Waals surface area contributed by atoms with E-state index in [2.05, 4.69) is 51.1 Å². The Labute approximate surface area is 522 Å². The van der Waals surface area contributed by atoms with E-state index in [-0.39, 0.29) is 56.9 Å². The molecule has 0 aromatic heterocycles. The largest absolute Gasteiger partial charge is 0.480 e. The molecule has 86 heavy (non-hydrogen) atoms. The predicted octanol–water partition coefficient (Wildman–Crippen LogP) is 7.13. The van der Waals surface area contributed by atoms with Crippen LogP contribution < -0.4 is 60.2 Å². The Balaban J connectivity index is 5.97. The maximum atomic E-state index is 14.2. The monoisotopic (exact) mass is 1240 g/mol. The summed E-state index contributed by atoms with van der Waals surface area (Å²) in [5.74, 6) is -4.94. The number of alkyl carbamates (subject to hydrolysis) is 1. The first kappa shape index (κ1) is 81.7. The number of rotatable bonds is 61. The third kappa shape index (κ3) is 45.9. The molecule has 502 valence electrons. The third-order valence-corrected chi connectivity index (χ3v) is 16.4. The van der Waals surface area contributed by atoms with Crippen LogP contribution in [-0.2, 0) is 38.3 Å². The van der Waals surface area contributed by atoms with Gasteiger partial charge in [0.2, 0.25) is 35.4 Å². The molecule has 22 nitrogen and oxygen atoms in total. The quantitative estimate of drug-likeness (QED) is 0.0269. The minimum Gasteiger partial charge on any atom is -0.480 e. The van der Waals surface area contributed by atoms with Crippen LogP contribution in [0.1, 0.15) is 258 Å². The maximum Gasteiger partial charge on any atom is 0.407 e. The van der Waals surface area contributed by atoms with Crippen molar-refractivity contribution in [3.63, 3.8) is 0 Å². The molecule has 23 heteroatoms. The van der Waals surface area contributed by atoms with Crippen LogP contribution in [0.15, 0.2) is 0 Å². The van der Waals surface area contributed by atoms with E-state index >= 15 is 0 Å². The van der Waals surface area contributed by atoms with E-state index in [0.717, 1.165) is 44.9 Å². The van der Waals surface area contributed by atoms with Crippen LogP contribution in [0.4, 0.5) is 4.79 Å². The molecule has 0 aliphatic rings. The first-order valence-corrected chi connectivity index (χ1v) is 34.8.